The molecule has 0 aliphatic carbocycles. The number of aryl methyl sites for hydroxylation is 3. The van der Waals surface area contributed by atoms with Crippen molar-refractivity contribution in [2.24, 2.45) is 5.73 Å². The molecule has 4 rings (SSSR count). The molecule has 3 aromatic carbocycles. The monoisotopic (exact) mass is 397 g/mol. The molecule has 0 aliphatic rings. The van der Waals surface area contributed by atoms with E-state index < -0.39 is 5.91 Å². The van der Waals surface area contributed by atoms with Gasteiger partial charge in [0.2, 0.25) is 5.91 Å². The SMILES string of the molecule is CCCCCc1c[c]c2c3c(C(N)=O)cccc3n(Cc3c(C)cccc3C)c2c1. The third kappa shape index (κ3) is 3.60. The van der Waals surface area contributed by atoms with Gasteiger partial charge in [0, 0.05) is 22.9 Å². The smallest absolute Gasteiger partial charge is 0.249 e. The lowest BCUT2D eigenvalue weighted by Gasteiger charge is -2.13. The fourth-order valence-corrected chi connectivity index (χ4v) is 4.45. The van der Waals surface area contributed by atoms with Crippen LogP contribution in [0, 0.1) is 19.9 Å². The van der Waals surface area contributed by atoms with Crippen LogP contribution in [0.25, 0.3) is 21.8 Å². The third-order valence-corrected chi connectivity index (χ3v) is 6.15. The van der Waals surface area contributed by atoms with Crippen LogP contribution in [0.5, 0.6) is 0 Å². The first-order valence-corrected chi connectivity index (χ1v) is 10.8. The van der Waals surface area contributed by atoms with E-state index >= 15 is 0 Å². The highest BCUT2D eigenvalue weighted by Crippen LogP contribution is 2.33. The number of primary amides is 1. The number of benzene rings is 3. The quantitative estimate of drug-likeness (QED) is 0.377. The first kappa shape index (κ1) is 20.2. The molecule has 0 unspecified atom stereocenters. The Hall–Kier alpha value is -3.07. The molecule has 0 aliphatic heterocycles. The summed E-state index contributed by atoms with van der Waals surface area (Å²) in [6.45, 7) is 7.30. The molecule has 1 aromatic heterocycles. The van der Waals surface area contributed by atoms with E-state index in [4.69, 9.17) is 5.73 Å². The zero-order chi connectivity index (χ0) is 21.3. The summed E-state index contributed by atoms with van der Waals surface area (Å²) in [5, 5.41) is 1.89. The van der Waals surface area contributed by atoms with Crippen molar-refractivity contribution >= 4 is 27.7 Å². The Labute approximate surface area is 178 Å². The summed E-state index contributed by atoms with van der Waals surface area (Å²) in [7, 11) is 0. The summed E-state index contributed by atoms with van der Waals surface area (Å²) >= 11 is 0. The number of rotatable bonds is 7. The molecule has 0 saturated heterocycles. The maximum Gasteiger partial charge on any atom is 0.249 e. The van der Waals surface area contributed by atoms with Gasteiger partial charge in [-0.2, -0.15) is 0 Å². The van der Waals surface area contributed by atoms with Gasteiger partial charge in [-0.3, -0.25) is 4.79 Å². The van der Waals surface area contributed by atoms with E-state index in [1.807, 2.05) is 12.1 Å². The lowest BCUT2D eigenvalue weighted by atomic mass is 10.0. The number of nitrogens with zero attached hydrogens (tertiary/aromatic N) is 1. The van der Waals surface area contributed by atoms with E-state index in [1.54, 1.807) is 0 Å². The summed E-state index contributed by atoms with van der Waals surface area (Å²) < 4.78 is 2.33. The highest BCUT2D eigenvalue weighted by Gasteiger charge is 2.18. The molecule has 3 heteroatoms. The summed E-state index contributed by atoms with van der Waals surface area (Å²) in [5.74, 6) is -0.396. The van der Waals surface area contributed by atoms with Gasteiger partial charge < -0.3 is 10.3 Å². The fraction of sp³-hybridized carbons (Fsp3) is 0.296. The Bertz CT molecular complexity index is 1210. The van der Waals surface area contributed by atoms with Crippen LogP contribution in [0.2, 0.25) is 0 Å². The topological polar surface area (TPSA) is 48.0 Å². The van der Waals surface area contributed by atoms with E-state index in [9.17, 15) is 4.79 Å². The molecule has 4 aromatic rings. The normalized spacial score (nSPS) is 11.4. The van der Waals surface area contributed by atoms with E-state index in [0.29, 0.717) is 5.56 Å². The van der Waals surface area contributed by atoms with Crippen LogP contribution in [0.1, 0.15) is 58.8 Å². The first-order chi connectivity index (χ1) is 14.5. The average molecular weight is 398 g/mol. The van der Waals surface area contributed by atoms with Crippen molar-refractivity contribution in [3.63, 3.8) is 0 Å². The molecule has 30 heavy (non-hydrogen) atoms. The van der Waals surface area contributed by atoms with Gasteiger partial charge in [-0.05, 0) is 73.2 Å². The number of fused-ring (bicyclic) bond motifs is 3. The molecular formula is C27H29N2O. The Morgan fingerprint density at radius 3 is 2.47 bits per heavy atom. The molecule has 0 bridgehead atoms. The second-order valence-corrected chi connectivity index (χ2v) is 8.25. The summed E-state index contributed by atoms with van der Waals surface area (Å²) in [4.78, 5) is 12.2. The highest BCUT2D eigenvalue weighted by atomic mass is 16.1. The predicted octanol–water partition coefficient (Wildman–Crippen LogP) is 6.09. The van der Waals surface area contributed by atoms with E-state index in [2.05, 4.69) is 67.8 Å². The molecule has 0 fully saturated rings. The maximum atomic E-state index is 12.2. The Balaban J connectivity index is 1.96. The van der Waals surface area contributed by atoms with Crippen molar-refractivity contribution in [3.05, 3.63) is 82.4 Å². The second kappa shape index (κ2) is 8.35. The van der Waals surface area contributed by atoms with Gasteiger partial charge in [-0.15, -0.1) is 0 Å². The van der Waals surface area contributed by atoms with Crippen molar-refractivity contribution in [2.75, 3.05) is 0 Å². The van der Waals surface area contributed by atoms with Crippen LogP contribution in [-0.2, 0) is 13.0 Å². The minimum Gasteiger partial charge on any atom is -0.366 e. The molecule has 1 heterocycles. The molecule has 0 saturated carbocycles. The molecule has 1 amide bonds. The number of hydrogen-bond donors (Lipinski definition) is 1. The molecule has 1 radical (unpaired) electrons. The van der Waals surface area contributed by atoms with Crippen molar-refractivity contribution in [1.29, 1.82) is 0 Å². The zero-order valence-electron chi connectivity index (χ0n) is 18.1. The number of carbonyl (C=O) groups is 1. The molecule has 0 atom stereocenters. The van der Waals surface area contributed by atoms with Crippen LogP contribution in [-0.4, -0.2) is 10.5 Å². The van der Waals surface area contributed by atoms with Gasteiger partial charge in [0.15, 0.2) is 0 Å². The van der Waals surface area contributed by atoms with E-state index in [0.717, 1.165) is 34.8 Å². The van der Waals surface area contributed by atoms with Gasteiger partial charge in [0.05, 0.1) is 11.0 Å². The van der Waals surface area contributed by atoms with Crippen molar-refractivity contribution < 1.29 is 4.79 Å². The number of hydrogen-bond acceptors (Lipinski definition) is 1. The van der Waals surface area contributed by atoms with Crippen molar-refractivity contribution in [3.8, 4) is 0 Å². The average Bonchev–Trinajstić information content (AvgIpc) is 3.04. The summed E-state index contributed by atoms with van der Waals surface area (Å²) in [5.41, 5.74) is 13.6. The van der Waals surface area contributed by atoms with Crippen molar-refractivity contribution in [2.45, 2.75) is 53.0 Å². The van der Waals surface area contributed by atoms with Gasteiger partial charge in [0.1, 0.15) is 0 Å². The highest BCUT2D eigenvalue weighted by molar-refractivity contribution is 6.17. The van der Waals surface area contributed by atoms with Gasteiger partial charge in [0.25, 0.3) is 0 Å². The Morgan fingerprint density at radius 1 is 1.03 bits per heavy atom. The van der Waals surface area contributed by atoms with Gasteiger partial charge in [-0.1, -0.05) is 50.1 Å². The minimum absolute atomic E-state index is 0.396. The molecule has 0 spiro atoms. The van der Waals surface area contributed by atoms with Crippen LogP contribution in [0.15, 0.2) is 48.5 Å². The van der Waals surface area contributed by atoms with E-state index in [1.165, 1.54) is 41.5 Å². The van der Waals surface area contributed by atoms with Crippen LogP contribution >= 0.6 is 0 Å². The third-order valence-electron chi connectivity index (χ3n) is 6.15. The number of aromatic nitrogens is 1. The standard InChI is InChI=1S/C27H29N2O/c1-4-5-6-11-20-14-15-21-25(16-20)29(17-23-18(2)9-7-10-19(23)3)24-13-8-12-22(26(21)24)27(28)30/h7-10,12-14,16H,4-6,11,17H2,1-3H3,(H2,28,30). The van der Waals surface area contributed by atoms with E-state index in [-0.39, 0.29) is 0 Å². The maximum absolute atomic E-state index is 12.2. The molecular weight excluding hydrogens is 368 g/mol. The number of nitrogens with two attached hydrogens (primary N) is 1. The predicted molar refractivity (Wildman–Crippen MR) is 125 cm³/mol. The Morgan fingerprint density at radius 2 is 1.77 bits per heavy atom. The second-order valence-electron chi connectivity index (χ2n) is 8.25. The van der Waals surface area contributed by atoms with Gasteiger partial charge in [-0.25, -0.2) is 0 Å². The first-order valence-electron chi connectivity index (χ1n) is 10.8. The molecule has 3 nitrogen and oxygen atoms in total. The van der Waals surface area contributed by atoms with Gasteiger partial charge >= 0.3 is 0 Å². The molecule has 2 N–H and O–H groups in total. The lowest BCUT2D eigenvalue weighted by Crippen LogP contribution is -2.11. The van der Waals surface area contributed by atoms with Crippen LogP contribution in [0.3, 0.4) is 0 Å². The van der Waals surface area contributed by atoms with Crippen LogP contribution in [0.4, 0.5) is 0 Å². The summed E-state index contributed by atoms with van der Waals surface area (Å²) in [6, 6.07) is 20.1. The number of amides is 1. The fourth-order valence-electron chi connectivity index (χ4n) is 4.45. The summed E-state index contributed by atoms with van der Waals surface area (Å²) in [6.07, 6.45) is 4.67. The lowest BCUT2D eigenvalue weighted by molar-refractivity contribution is 0.100. The largest absolute Gasteiger partial charge is 0.366 e. The Kier molecular flexibility index (Phi) is 5.63. The zero-order valence-corrected chi connectivity index (χ0v) is 18.1. The number of unbranched alkanes of at least 4 members (excludes halogenated alkanes) is 2. The minimum atomic E-state index is -0.396. The van der Waals surface area contributed by atoms with Crippen molar-refractivity contribution in [1.82, 2.24) is 4.57 Å². The molecule has 153 valence electrons. The van der Waals surface area contributed by atoms with Crippen LogP contribution < -0.4 is 5.73 Å². The number of carbonyl (C=O) groups excluding carboxylic acids is 1.